The molecule has 82 valence electrons. The van der Waals surface area contributed by atoms with E-state index in [0.29, 0.717) is 0 Å². The maximum absolute atomic E-state index is 6.17. The van der Waals surface area contributed by atoms with Crippen molar-refractivity contribution in [2.75, 3.05) is 0 Å². The lowest BCUT2D eigenvalue weighted by molar-refractivity contribution is 0.845. The van der Waals surface area contributed by atoms with Crippen molar-refractivity contribution in [2.24, 2.45) is 5.73 Å². The molecule has 0 aliphatic carbocycles. The van der Waals surface area contributed by atoms with Crippen LogP contribution in [0, 0.1) is 3.57 Å². The van der Waals surface area contributed by atoms with Crippen LogP contribution in [-0.2, 0) is 0 Å². The Balaban J connectivity index is 2.41. The van der Waals surface area contributed by atoms with E-state index >= 15 is 0 Å². The van der Waals surface area contributed by atoms with E-state index in [2.05, 4.69) is 54.6 Å². The molecule has 3 nitrogen and oxygen atoms in total. The molecule has 0 spiro atoms. The number of halogens is 2. The summed E-state index contributed by atoms with van der Waals surface area (Å²) in [5, 5.41) is 0. The molecule has 2 N–H and O–H groups in total. The molecule has 0 aliphatic rings. The van der Waals surface area contributed by atoms with Crippen molar-refractivity contribution in [1.29, 1.82) is 0 Å². The lowest BCUT2D eigenvalue weighted by Crippen LogP contribution is -2.13. The first-order valence-corrected chi connectivity index (χ1v) is 6.51. The zero-order valence-electron chi connectivity index (χ0n) is 8.27. The van der Waals surface area contributed by atoms with Gasteiger partial charge in [0.05, 0.1) is 6.04 Å². The smallest absolute Gasteiger partial charge is 0.115 e. The summed E-state index contributed by atoms with van der Waals surface area (Å²) in [5.41, 5.74) is 8.12. The number of hydrogen-bond acceptors (Lipinski definition) is 3. The van der Waals surface area contributed by atoms with Crippen LogP contribution in [0.15, 0.2) is 41.4 Å². The summed E-state index contributed by atoms with van der Waals surface area (Å²) in [5.74, 6) is 0. The molecule has 1 aromatic carbocycles. The highest BCUT2D eigenvalue weighted by Gasteiger charge is 2.12. The van der Waals surface area contributed by atoms with Gasteiger partial charge in [-0.25, -0.2) is 9.97 Å². The first-order valence-electron chi connectivity index (χ1n) is 4.64. The molecule has 0 bridgehead atoms. The van der Waals surface area contributed by atoms with Gasteiger partial charge in [-0.2, -0.15) is 0 Å². The number of benzene rings is 1. The molecule has 2 rings (SSSR count). The normalized spacial score (nSPS) is 12.4. The van der Waals surface area contributed by atoms with Crippen LogP contribution in [0.3, 0.4) is 0 Å². The van der Waals surface area contributed by atoms with Crippen LogP contribution in [0.5, 0.6) is 0 Å². The first-order chi connectivity index (χ1) is 7.68. The SMILES string of the molecule is NC(c1cncnc1)c1cc(I)ccc1Br. The van der Waals surface area contributed by atoms with Gasteiger partial charge < -0.3 is 5.73 Å². The first kappa shape index (κ1) is 11.9. The van der Waals surface area contributed by atoms with Gasteiger partial charge in [0.1, 0.15) is 6.33 Å². The molecular formula is C11H9BrIN3. The molecule has 0 fully saturated rings. The molecule has 1 atom stereocenters. The predicted molar refractivity (Wildman–Crippen MR) is 74.9 cm³/mol. The van der Waals surface area contributed by atoms with Crippen LogP contribution in [0.1, 0.15) is 17.2 Å². The van der Waals surface area contributed by atoms with Gasteiger partial charge in [0.15, 0.2) is 0 Å². The third kappa shape index (κ3) is 2.58. The molecule has 5 heteroatoms. The number of hydrogen-bond donors (Lipinski definition) is 1. The Morgan fingerprint density at radius 3 is 2.62 bits per heavy atom. The summed E-state index contributed by atoms with van der Waals surface area (Å²) in [6, 6.07) is 5.89. The van der Waals surface area contributed by atoms with E-state index in [-0.39, 0.29) is 6.04 Å². The number of nitrogens with zero attached hydrogens (tertiary/aromatic N) is 2. The Kier molecular flexibility index (Phi) is 3.88. The number of nitrogens with two attached hydrogens (primary N) is 1. The van der Waals surface area contributed by atoms with Crippen molar-refractivity contribution >= 4 is 38.5 Å². The minimum atomic E-state index is -0.203. The topological polar surface area (TPSA) is 51.8 Å². The van der Waals surface area contributed by atoms with Crippen LogP contribution in [0.4, 0.5) is 0 Å². The molecule has 0 amide bonds. The Bertz CT molecular complexity index is 490. The average molecular weight is 390 g/mol. The Labute approximate surface area is 116 Å². The highest BCUT2D eigenvalue weighted by molar-refractivity contribution is 14.1. The number of rotatable bonds is 2. The second-order valence-corrected chi connectivity index (χ2v) is 5.42. The van der Waals surface area contributed by atoms with E-state index in [1.54, 1.807) is 12.4 Å². The Morgan fingerprint density at radius 2 is 1.94 bits per heavy atom. The fourth-order valence-corrected chi connectivity index (χ4v) is 2.41. The van der Waals surface area contributed by atoms with Crippen molar-refractivity contribution in [3.05, 3.63) is 56.1 Å². The lowest BCUT2D eigenvalue weighted by Gasteiger charge is -2.13. The average Bonchev–Trinajstić information content (AvgIpc) is 2.32. The van der Waals surface area contributed by atoms with Gasteiger partial charge in [0.25, 0.3) is 0 Å². The maximum atomic E-state index is 6.17. The zero-order valence-corrected chi connectivity index (χ0v) is 12.0. The van der Waals surface area contributed by atoms with Crippen molar-refractivity contribution < 1.29 is 0 Å². The van der Waals surface area contributed by atoms with Crippen LogP contribution in [0.2, 0.25) is 0 Å². The van der Waals surface area contributed by atoms with Gasteiger partial charge in [0, 0.05) is 26.0 Å². The van der Waals surface area contributed by atoms with Crippen LogP contribution in [-0.4, -0.2) is 9.97 Å². The van der Waals surface area contributed by atoms with Gasteiger partial charge in [-0.3, -0.25) is 0 Å². The van der Waals surface area contributed by atoms with Gasteiger partial charge in [-0.1, -0.05) is 15.9 Å². The van der Waals surface area contributed by atoms with E-state index in [1.165, 1.54) is 6.33 Å². The van der Waals surface area contributed by atoms with Crippen LogP contribution >= 0.6 is 38.5 Å². The minimum absolute atomic E-state index is 0.203. The second-order valence-electron chi connectivity index (χ2n) is 3.32. The molecule has 2 aromatic rings. The van der Waals surface area contributed by atoms with Gasteiger partial charge in [0.2, 0.25) is 0 Å². The molecule has 1 heterocycles. The standard InChI is InChI=1S/C11H9BrIN3/c12-10-2-1-8(13)3-9(10)11(14)7-4-15-6-16-5-7/h1-6,11H,14H2. The zero-order chi connectivity index (χ0) is 11.5. The Hall–Kier alpha value is -0.530. The summed E-state index contributed by atoms with van der Waals surface area (Å²) in [4.78, 5) is 7.95. The lowest BCUT2D eigenvalue weighted by atomic mass is 10.0. The molecular weight excluding hydrogens is 381 g/mol. The minimum Gasteiger partial charge on any atom is -0.320 e. The summed E-state index contributed by atoms with van der Waals surface area (Å²) in [6.07, 6.45) is 4.98. The molecule has 16 heavy (non-hydrogen) atoms. The van der Waals surface area contributed by atoms with Gasteiger partial charge >= 0.3 is 0 Å². The highest BCUT2D eigenvalue weighted by atomic mass is 127. The largest absolute Gasteiger partial charge is 0.320 e. The fraction of sp³-hybridized carbons (Fsp3) is 0.0909. The van der Waals surface area contributed by atoms with Gasteiger partial charge in [-0.05, 0) is 46.4 Å². The maximum Gasteiger partial charge on any atom is 0.115 e. The van der Waals surface area contributed by atoms with E-state index in [0.717, 1.165) is 19.2 Å². The molecule has 1 aromatic heterocycles. The van der Waals surface area contributed by atoms with E-state index < -0.39 is 0 Å². The molecule has 0 radical (unpaired) electrons. The molecule has 0 saturated carbocycles. The van der Waals surface area contributed by atoms with Crippen LogP contribution < -0.4 is 5.73 Å². The van der Waals surface area contributed by atoms with Crippen LogP contribution in [0.25, 0.3) is 0 Å². The summed E-state index contributed by atoms with van der Waals surface area (Å²) in [7, 11) is 0. The van der Waals surface area contributed by atoms with E-state index in [4.69, 9.17) is 5.73 Å². The van der Waals surface area contributed by atoms with Crippen molar-refractivity contribution in [3.63, 3.8) is 0 Å². The third-order valence-corrected chi connectivity index (χ3v) is 3.63. The van der Waals surface area contributed by atoms with E-state index in [1.807, 2.05) is 12.1 Å². The number of aromatic nitrogens is 2. The molecule has 1 unspecified atom stereocenters. The summed E-state index contributed by atoms with van der Waals surface area (Å²) >= 11 is 5.77. The Morgan fingerprint density at radius 1 is 1.25 bits per heavy atom. The third-order valence-electron chi connectivity index (χ3n) is 2.23. The van der Waals surface area contributed by atoms with Crippen molar-refractivity contribution in [2.45, 2.75) is 6.04 Å². The quantitative estimate of drug-likeness (QED) is 0.803. The summed E-state index contributed by atoms with van der Waals surface area (Å²) < 4.78 is 2.16. The van der Waals surface area contributed by atoms with E-state index in [9.17, 15) is 0 Å². The predicted octanol–water partition coefficient (Wildman–Crippen LogP) is 2.89. The highest BCUT2D eigenvalue weighted by Crippen LogP contribution is 2.27. The molecule has 0 aliphatic heterocycles. The second kappa shape index (κ2) is 5.20. The monoisotopic (exact) mass is 389 g/mol. The van der Waals surface area contributed by atoms with Crippen molar-refractivity contribution in [3.8, 4) is 0 Å². The molecule has 0 saturated heterocycles. The fourth-order valence-electron chi connectivity index (χ4n) is 1.40. The van der Waals surface area contributed by atoms with Crippen molar-refractivity contribution in [1.82, 2.24) is 9.97 Å². The summed E-state index contributed by atoms with van der Waals surface area (Å²) in [6.45, 7) is 0. The van der Waals surface area contributed by atoms with Gasteiger partial charge in [-0.15, -0.1) is 0 Å².